The monoisotopic (exact) mass is 288 g/mol. The number of hydrogen-bond donors (Lipinski definition) is 1. The molecule has 19 heavy (non-hydrogen) atoms. The van der Waals surface area contributed by atoms with Crippen LogP contribution in [0.2, 0.25) is 0 Å². The summed E-state index contributed by atoms with van der Waals surface area (Å²) in [4.78, 5) is 0.241. The second kappa shape index (κ2) is 5.64. The normalized spacial score (nSPS) is 13.2. The van der Waals surface area contributed by atoms with Crippen LogP contribution in [0.1, 0.15) is 33.4 Å². The average Bonchev–Trinajstić information content (AvgIpc) is 2.70. The highest BCUT2D eigenvalue weighted by molar-refractivity contribution is 7.89. The number of nitrogens with zero attached hydrogens (tertiary/aromatic N) is 2. The lowest BCUT2D eigenvalue weighted by Crippen LogP contribution is -2.34. The second-order valence-electron chi connectivity index (χ2n) is 5.93. The van der Waals surface area contributed by atoms with Crippen molar-refractivity contribution in [3.05, 3.63) is 18.0 Å². The fraction of sp³-hybridized carbons (Fsp3) is 0.692. The molecule has 0 aromatic carbocycles. The van der Waals surface area contributed by atoms with Crippen LogP contribution >= 0.6 is 0 Å². The SMILES string of the molecule is CCn1cc(S(=O)(=O)N(C)CC(C)(C)C)cc1CO. The predicted octanol–water partition coefficient (Wildman–Crippen LogP) is 1.67. The summed E-state index contributed by atoms with van der Waals surface area (Å²) in [6.07, 6.45) is 1.58. The molecule has 0 aliphatic rings. The van der Waals surface area contributed by atoms with Crippen molar-refractivity contribution in [2.75, 3.05) is 13.6 Å². The first kappa shape index (κ1) is 16.2. The maximum atomic E-state index is 12.4. The van der Waals surface area contributed by atoms with Gasteiger partial charge in [-0.3, -0.25) is 0 Å². The Labute approximate surface area is 115 Å². The Morgan fingerprint density at radius 2 is 1.95 bits per heavy atom. The topological polar surface area (TPSA) is 62.5 Å². The molecule has 6 heteroatoms. The first-order valence-electron chi connectivity index (χ1n) is 6.38. The van der Waals surface area contributed by atoms with E-state index in [2.05, 4.69) is 0 Å². The highest BCUT2D eigenvalue weighted by Crippen LogP contribution is 2.22. The third-order valence-electron chi connectivity index (χ3n) is 2.87. The molecule has 1 aromatic rings. The first-order valence-corrected chi connectivity index (χ1v) is 7.82. The van der Waals surface area contributed by atoms with Gasteiger partial charge in [0.25, 0.3) is 0 Å². The van der Waals surface area contributed by atoms with E-state index in [-0.39, 0.29) is 16.9 Å². The highest BCUT2D eigenvalue weighted by Gasteiger charge is 2.26. The average molecular weight is 288 g/mol. The van der Waals surface area contributed by atoms with Crippen LogP contribution < -0.4 is 0 Å². The van der Waals surface area contributed by atoms with E-state index in [9.17, 15) is 13.5 Å². The zero-order valence-electron chi connectivity index (χ0n) is 12.3. The van der Waals surface area contributed by atoms with Crippen LogP contribution in [0.3, 0.4) is 0 Å². The molecule has 1 heterocycles. The number of aliphatic hydroxyl groups excluding tert-OH is 1. The van der Waals surface area contributed by atoms with Crippen LogP contribution in [-0.4, -0.2) is 36.0 Å². The van der Waals surface area contributed by atoms with Crippen molar-refractivity contribution in [3.8, 4) is 0 Å². The van der Waals surface area contributed by atoms with Crippen molar-refractivity contribution >= 4 is 10.0 Å². The van der Waals surface area contributed by atoms with Crippen molar-refractivity contribution in [1.82, 2.24) is 8.87 Å². The Morgan fingerprint density at radius 3 is 2.32 bits per heavy atom. The van der Waals surface area contributed by atoms with Crippen LogP contribution in [0, 0.1) is 5.41 Å². The summed E-state index contributed by atoms with van der Waals surface area (Å²) < 4.78 is 28.0. The Morgan fingerprint density at radius 1 is 1.37 bits per heavy atom. The molecule has 0 aliphatic heterocycles. The molecule has 0 unspecified atom stereocenters. The third-order valence-corrected chi connectivity index (χ3v) is 4.64. The van der Waals surface area contributed by atoms with Gasteiger partial charge in [0, 0.05) is 32.0 Å². The molecule has 1 rings (SSSR count). The van der Waals surface area contributed by atoms with Gasteiger partial charge < -0.3 is 9.67 Å². The van der Waals surface area contributed by atoms with Gasteiger partial charge in [0.1, 0.15) is 4.90 Å². The van der Waals surface area contributed by atoms with Gasteiger partial charge in [-0.25, -0.2) is 12.7 Å². The number of aromatic nitrogens is 1. The Balaban J connectivity index is 3.10. The second-order valence-corrected chi connectivity index (χ2v) is 7.98. The third kappa shape index (κ3) is 3.81. The Bertz CT molecular complexity index is 505. The summed E-state index contributed by atoms with van der Waals surface area (Å²) in [7, 11) is -1.91. The lowest BCUT2D eigenvalue weighted by atomic mass is 9.97. The fourth-order valence-electron chi connectivity index (χ4n) is 2.03. The number of sulfonamides is 1. The molecular weight excluding hydrogens is 264 g/mol. The van der Waals surface area contributed by atoms with E-state index in [4.69, 9.17) is 0 Å². The summed E-state index contributed by atoms with van der Waals surface area (Å²) in [6.45, 7) is 8.82. The summed E-state index contributed by atoms with van der Waals surface area (Å²) >= 11 is 0. The van der Waals surface area contributed by atoms with Crippen molar-refractivity contribution in [3.63, 3.8) is 0 Å². The number of aliphatic hydroxyl groups is 1. The van der Waals surface area contributed by atoms with Gasteiger partial charge in [0.05, 0.1) is 6.61 Å². The van der Waals surface area contributed by atoms with Gasteiger partial charge in [-0.15, -0.1) is 0 Å². The van der Waals surface area contributed by atoms with Gasteiger partial charge in [0.2, 0.25) is 10.0 Å². The van der Waals surface area contributed by atoms with Gasteiger partial charge in [-0.1, -0.05) is 20.8 Å². The molecule has 0 bridgehead atoms. The molecule has 5 nitrogen and oxygen atoms in total. The molecular formula is C13H24N2O3S. The molecule has 0 aliphatic carbocycles. The lowest BCUT2D eigenvalue weighted by Gasteiger charge is -2.25. The number of aryl methyl sites for hydroxylation is 1. The van der Waals surface area contributed by atoms with Gasteiger partial charge >= 0.3 is 0 Å². The van der Waals surface area contributed by atoms with Crippen molar-refractivity contribution in [2.24, 2.45) is 5.41 Å². The van der Waals surface area contributed by atoms with Crippen LogP contribution in [0.15, 0.2) is 17.2 Å². The van der Waals surface area contributed by atoms with Crippen LogP contribution in [0.5, 0.6) is 0 Å². The van der Waals surface area contributed by atoms with Crippen LogP contribution in [0.4, 0.5) is 0 Å². The molecule has 0 radical (unpaired) electrons. The van der Waals surface area contributed by atoms with Gasteiger partial charge in [-0.2, -0.15) is 0 Å². The summed E-state index contributed by atoms with van der Waals surface area (Å²) in [5.41, 5.74) is 0.514. The summed E-state index contributed by atoms with van der Waals surface area (Å²) in [6, 6.07) is 1.54. The van der Waals surface area contributed by atoms with E-state index < -0.39 is 10.0 Å². The van der Waals surface area contributed by atoms with Crippen LogP contribution in [-0.2, 0) is 23.2 Å². The highest BCUT2D eigenvalue weighted by atomic mass is 32.2. The minimum Gasteiger partial charge on any atom is -0.390 e. The zero-order valence-corrected chi connectivity index (χ0v) is 13.2. The smallest absolute Gasteiger partial charge is 0.244 e. The molecule has 0 saturated heterocycles. The van der Waals surface area contributed by atoms with Crippen molar-refractivity contribution < 1.29 is 13.5 Å². The number of rotatable bonds is 5. The van der Waals surface area contributed by atoms with E-state index >= 15 is 0 Å². The molecule has 1 aromatic heterocycles. The van der Waals surface area contributed by atoms with E-state index in [1.165, 1.54) is 10.4 Å². The van der Waals surface area contributed by atoms with Gasteiger partial charge in [-0.05, 0) is 18.4 Å². The fourth-order valence-corrected chi connectivity index (χ4v) is 3.49. The van der Waals surface area contributed by atoms with E-state index in [0.717, 1.165) is 0 Å². The maximum Gasteiger partial charge on any atom is 0.244 e. The Kier molecular flexibility index (Phi) is 4.81. The molecule has 0 atom stereocenters. The quantitative estimate of drug-likeness (QED) is 0.896. The van der Waals surface area contributed by atoms with E-state index in [1.807, 2.05) is 27.7 Å². The maximum absolute atomic E-state index is 12.4. The van der Waals surface area contributed by atoms with E-state index in [0.29, 0.717) is 18.8 Å². The first-order chi connectivity index (χ1) is 8.61. The molecule has 0 amide bonds. The summed E-state index contributed by atoms with van der Waals surface area (Å²) in [5, 5.41) is 9.22. The van der Waals surface area contributed by atoms with Crippen molar-refractivity contribution in [1.29, 1.82) is 0 Å². The molecule has 0 fully saturated rings. The van der Waals surface area contributed by atoms with Gasteiger partial charge in [0.15, 0.2) is 0 Å². The zero-order chi connectivity index (χ0) is 14.8. The minimum absolute atomic E-state index is 0.102. The largest absolute Gasteiger partial charge is 0.390 e. The van der Waals surface area contributed by atoms with E-state index in [1.54, 1.807) is 17.8 Å². The summed E-state index contributed by atoms with van der Waals surface area (Å²) in [5.74, 6) is 0. The predicted molar refractivity (Wildman–Crippen MR) is 75.3 cm³/mol. The van der Waals surface area contributed by atoms with Crippen LogP contribution in [0.25, 0.3) is 0 Å². The number of hydrogen-bond acceptors (Lipinski definition) is 3. The molecule has 0 spiro atoms. The molecule has 110 valence electrons. The molecule has 1 N–H and O–H groups in total. The molecule has 0 saturated carbocycles. The minimum atomic E-state index is -3.49. The van der Waals surface area contributed by atoms with Crippen molar-refractivity contribution in [2.45, 2.75) is 45.7 Å². The lowest BCUT2D eigenvalue weighted by molar-refractivity contribution is 0.271. The standard InChI is InChI=1S/C13H24N2O3S/c1-6-15-8-12(7-11(15)9-16)19(17,18)14(5)10-13(2,3)4/h7-8,16H,6,9-10H2,1-5H3. The Hall–Kier alpha value is -0.850.